The highest BCUT2D eigenvalue weighted by molar-refractivity contribution is 7.93. The zero-order valence-corrected chi connectivity index (χ0v) is 18.4. The molecule has 1 amide bonds. The van der Waals surface area contributed by atoms with Crippen LogP contribution in [0.25, 0.3) is 0 Å². The van der Waals surface area contributed by atoms with Gasteiger partial charge in [0.15, 0.2) is 22.2 Å². The second-order valence-corrected chi connectivity index (χ2v) is 8.78. The number of anilines is 2. The van der Waals surface area contributed by atoms with Crippen LogP contribution >= 0.6 is 0 Å². The zero-order valence-electron chi connectivity index (χ0n) is 17.6. The number of nitrogens with zero attached hydrogens (tertiary/aromatic N) is 2. The van der Waals surface area contributed by atoms with Crippen LogP contribution < -0.4 is 23.8 Å². The van der Waals surface area contributed by atoms with Gasteiger partial charge in [0.25, 0.3) is 10.0 Å². The quantitative estimate of drug-likeness (QED) is 0.573. The van der Waals surface area contributed by atoms with E-state index in [1.54, 1.807) is 42.5 Å². The van der Waals surface area contributed by atoms with Crippen LogP contribution in [0.5, 0.6) is 17.2 Å². The molecule has 0 aliphatic carbocycles. The number of hydrogen-bond acceptors (Lipinski definition) is 8. The molecule has 0 spiro atoms. The summed E-state index contributed by atoms with van der Waals surface area (Å²) in [5.41, 5.74) is 0.937. The van der Waals surface area contributed by atoms with E-state index in [-0.39, 0.29) is 28.8 Å². The van der Waals surface area contributed by atoms with Crippen molar-refractivity contribution in [3.05, 3.63) is 53.9 Å². The van der Waals surface area contributed by atoms with Gasteiger partial charge in [-0.2, -0.15) is 0 Å². The molecule has 0 radical (unpaired) electrons. The first-order chi connectivity index (χ1) is 15.3. The average Bonchev–Trinajstić information content (AvgIpc) is 3.37. The fourth-order valence-electron chi connectivity index (χ4n) is 3.32. The van der Waals surface area contributed by atoms with Gasteiger partial charge in [-0.25, -0.2) is 8.42 Å². The highest BCUT2D eigenvalue weighted by Crippen LogP contribution is 2.34. The van der Waals surface area contributed by atoms with Crippen LogP contribution in [0.3, 0.4) is 0 Å². The second kappa shape index (κ2) is 8.42. The number of hydrogen-bond donors (Lipinski definition) is 1. The number of sulfonamides is 1. The van der Waals surface area contributed by atoms with Crippen molar-refractivity contribution in [1.82, 2.24) is 5.16 Å². The molecule has 0 atom stereocenters. The van der Waals surface area contributed by atoms with Crippen molar-refractivity contribution in [3.8, 4) is 17.2 Å². The van der Waals surface area contributed by atoms with E-state index in [1.807, 2.05) is 0 Å². The minimum atomic E-state index is -4.16. The summed E-state index contributed by atoms with van der Waals surface area (Å²) in [4.78, 5) is 12.8. The standard InChI is InChI=1S/C21H21N3O7S/c1-13-21(14(2)31-23-13)32(26,27)24(16-5-7-17(28-3)8-6-16)11-20(25)22-15-4-9-18-19(10-15)30-12-29-18/h4-10H,11-12H2,1-3H3,(H,22,25). The largest absolute Gasteiger partial charge is 0.497 e. The maximum absolute atomic E-state index is 13.5. The Bertz CT molecular complexity index is 1230. The molecule has 0 unspecified atom stereocenters. The van der Waals surface area contributed by atoms with E-state index < -0.39 is 22.5 Å². The summed E-state index contributed by atoms with van der Waals surface area (Å²) in [6.45, 7) is 2.66. The number of ether oxygens (including phenoxy) is 3. The molecule has 2 aromatic carbocycles. The van der Waals surface area contributed by atoms with Gasteiger partial charge < -0.3 is 24.1 Å². The first kappa shape index (κ1) is 21.5. The maximum atomic E-state index is 13.5. The van der Waals surface area contributed by atoms with E-state index in [0.717, 1.165) is 4.31 Å². The Balaban J connectivity index is 1.65. The lowest BCUT2D eigenvalue weighted by molar-refractivity contribution is -0.114. The Hall–Kier alpha value is -3.73. The fraction of sp³-hybridized carbons (Fsp3) is 0.238. The van der Waals surface area contributed by atoms with Crippen molar-refractivity contribution in [3.63, 3.8) is 0 Å². The van der Waals surface area contributed by atoms with Crippen LogP contribution in [0.15, 0.2) is 51.9 Å². The SMILES string of the molecule is COc1ccc(N(CC(=O)Nc2ccc3c(c2)OCO3)S(=O)(=O)c2c(C)noc2C)cc1. The van der Waals surface area contributed by atoms with Crippen LogP contribution in [0.4, 0.5) is 11.4 Å². The summed E-state index contributed by atoms with van der Waals surface area (Å²) in [7, 11) is -2.65. The van der Waals surface area contributed by atoms with Gasteiger partial charge in [-0.1, -0.05) is 5.16 Å². The van der Waals surface area contributed by atoms with Crippen molar-refractivity contribution in [2.75, 3.05) is 30.1 Å². The van der Waals surface area contributed by atoms with Crippen LogP contribution in [-0.4, -0.2) is 39.9 Å². The number of fused-ring (bicyclic) bond motifs is 1. The molecule has 11 heteroatoms. The Morgan fingerprint density at radius 2 is 1.84 bits per heavy atom. The molecule has 0 saturated heterocycles. The molecular formula is C21H21N3O7S. The molecule has 1 aromatic heterocycles. The van der Waals surface area contributed by atoms with Crippen LogP contribution in [0, 0.1) is 13.8 Å². The minimum Gasteiger partial charge on any atom is -0.497 e. The van der Waals surface area contributed by atoms with Crippen molar-refractivity contribution in [2.45, 2.75) is 18.7 Å². The highest BCUT2D eigenvalue weighted by atomic mass is 32.2. The molecule has 168 valence electrons. The summed E-state index contributed by atoms with van der Waals surface area (Å²) in [5.74, 6) is 1.21. The summed E-state index contributed by atoms with van der Waals surface area (Å²) in [6, 6.07) is 11.3. The third-order valence-corrected chi connectivity index (χ3v) is 6.84. The predicted octanol–water partition coefficient (Wildman–Crippen LogP) is 2.86. The lowest BCUT2D eigenvalue weighted by Crippen LogP contribution is -2.38. The monoisotopic (exact) mass is 459 g/mol. The van der Waals surface area contributed by atoms with E-state index >= 15 is 0 Å². The van der Waals surface area contributed by atoms with Crippen LogP contribution in [0.1, 0.15) is 11.5 Å². The minimum absolute atomic E-state index is 0.0794. The molecule has 1 aliphatic rings. The number of amides is 1. The summed E-state index contributed by atoms with van der Waals surface area (Å²) in [6.07, 6.45) is 0. The van der Waals surface area contributed by atoms with Gasteiger partial charge in [0.1, 0.15) is 18.0 Å². The summed E-state index contributed by atoms with van der Waals surface area (Å²) in [5, 5.41) is 6.44. The van der Waals surface area contributed by atoms with Gasteiger partial charge in [-0.05, 0) is 50.2 Å². The number of carbonyl (C=O) groups is 1. The molecule has 32 heavy (non-hydrogen) atoms. The number of benzene rings is 2. The number of carbonyl (C=O) groups excluding carboxylic acids is 1. The van der Waals surface area contributed by atoms with Crippen molar-refractivity contribution >= 4 is 27.3 Å². The molecular weight excluding hydrogens is 438 g/mol. The van der Waals surface area contributed by atoms with Gasteiger partial charge in [0.05, 0.1) is 12.8 Å². The maximum Gasteiger partial charge on any atom is 0.270 e. The first-order valence-corrected chi connectivity index (χ1v) is 11.0. The van der Waals surface area contributed by atoms with Crippen molar-refractivity contribution < 1.29 is 31.9 Å². The third kappa shape index (κ3) is 4.06. The Morgan fingerprint density at radius 1 is 1.12 bits per heavy atom. The summed E-state index contributed by atoms with van der Waals surface area (Å²) >= 11 is 0. The number of aryl methyl sites for hydroxylation is 2. The lowest BCUT2D eigenvalue weighted by atomic mass is 10.2. The van der Waals surface area contributed by atoms with E-state index in [0.29, 0.717) is 22.9 Å². The normalized spacial score (nSPS) is 12.5. The van der Waals surface area contributed by atoms with E-state index in [1.165, 1.54) is 21.0 Å². The molecule has 0 bridgehead atoms. The highest BCUT2D eigenvalue weighted by Gasteiger charge is 2.33. The van der Waals surface area contributed by atoms with E-state index in [2.05, 4.69) is 10.5 Å². The van der Waals surface area contributed by atoms with Gasteiger partial charge in [-0.3, -0.25) is 9.10 Å². The van der Waals surface area contributed by atoms with Crippen molar-refractivity contribution in [1.29, 1.82) is 0 Å². The van der Waals surface area contributed by atoms with E-state index in [4.69, 9.17) is 18.7 Å². The Morgan fingerprint density at radius 3 is 2.50 bits per heavy atom. The van der Waals surface area contributed by atoms with Crippen LogP contribution in [0.2, 0.25) is 0 Å². The second-order valence-electron chi connectivity index (χ2n) is 6.98. The summed E-state index contributed by atoms with van der Waals surface area (Å²) < 4.78 is 48.8. The molecule has 4 rings (SSSR count). The van der Waals surface area contributed by atoms with Gasteiger partial charge in [-0.15, -0.1) is 0 Å². The average molecular weight is 459 g/mol. The number of nitrogens with one attached hydrogen (secondary N) is 1. The number of methoxy groups -OCH3 is 1. The van der Waals surface area contributed by atoms with Gasteiger partial charge >= 0.3 is 0 Å². The van der Waals surface area contributed by atoms with Gasteiger partial charge in [0, 0.05) is 11.8 Å². The molecule has 0 fully saturated rings. The number of rotatable bonds is 7. The molecule has 0 saturated carbocycles. The molecule has 1 aliphatic heterocycles. The fourth-order valence-corrected chi connectivity index (χ4v) is 5.04. The molecule has 2 heterocycles. The Kier molecular flexibility index (Phi) is 5.66. The third-order valence-electron chi connectivity index (χ3n) is 4.82. The first-order valence-electron chi connectivity index (χ1n) is 9.59. The molecule has 3 aromatic rings. The molecule has 10 nitrogen and oxygen atoms in total. The van der Waals surface area contributed by atoms with E-state index in [9.17, 15) is 13.2 Å². The molecule has 1 N–H and O–H groups in total. The lowest BCUT2D eigenvalue weighted by Gasteiger charge is -2.24. The smallest absolute Gasteiger partial charge is 0.270 e. The number of aromatic nitrogens is 1. The predicted molar refractivity (Wildman–Crippen MR) is 115 cm³/mol. The van der Waals surface area contributed by atoms with Gasteiger partial charge in [0.2, 0.25) is 12.7 Å². The Labute approximate surface area is 184 Å². The topological polar surface area (TPSA) is 120 Å². The zero-order chi connectivity index (χ0) is 22.9. The van der Waals surface area contributed by atoms with Crippen molar-refractivity contribution in [2.24, 2.45) is 0 Å². The van der Waals surface area contributed by atoms with Crippen LogP contribution in [-0.2, 0) is 14.8 Å².